The molecule has 2 fully saturated rings. The Morgan fingerprint density at radius 2 is 1.81 bits per heavy atom. The second-order valence-corrected chi connectivity index (χ2v) is 6.64. The minimum absolute atomic E-state index is 0.0988. The highest BCUT2D eigenvalue weighted by Gasteiger charge is 2.34. The van der Waals surface area contributed by atoms with E-state index < -0.39 is 0 Å². The summed E-state index contributed by atoms with van der Waals surface area (Å²) in [5.74, 6) is 1.48. The Kier molecular flexibility index (Phi) is 4.39. The summed E-state index contributed by atoms with van der Waals surface area (Å²) in [6.07, 6.45) is 6.64. The van der Waals surface area contributed by atoms with Gasteiger partial charge in [0.05, 0.1) is 6.04 Å². The predicted molar refractivity (Wildman–Crippen MR) is 81.8 cm³/mol. The molecule has 1 heterocycles. The minimum Gasteiger partial charge on any atom is -0.293 e. The van der Waals surface area contributed by atoms with Crippen molar-refractivity contribution in [3.63, 3.8) is 0 Å². The van der Waals surface area contributed by atoms with E-state index in [9.17, 15) is 9.18 Å². The van der Waals surface area contributed by atoms with Gasteiger partial charge in [-0.05, 0) is 62.4 Å². The molecular weight excluding hydrogens is 265 g/mol. The van der Waals surface area contributed by atoms with E-state index in [0.717, 1.165) is 24.9 Å². The van der Waals surface area contributed by atoms with Crippen LogP contribution in [0.5, 0.6) is 0 Å². The Morgan fingerprint density at radius 3 is 2.52 bits per heavy atom. The molecule has 1 aromatic rings. The van der Waals surface area contributed by atoms with Crippen LogP contribution in [0.4, 0.5) is 4.39 Å². The number of carbonyl (C=O) groups is 1. The number of nitrogens with zero attached hydrogens (tertiary/aromatic N) is 1. The fraction of sp³-hybridized carbons (Fsp3) is 0.611. The molecule has 1 aliphatic carbocycles. The Labute approximate surface area is 126 Å². The van der Waals surface area contributed by atoms with Crippen molar-refractivity contribution < 1.29 is 9.18 Å². The van der Waals surface area contributed by atoms with Crippen LogP contribution in [-0.4, -0.2) is 29.8 Å². The van der Waals surface area contributed by atoms with Gasteiger partial charge in [-0.25, -0.2) is 4.39 Å². The molecule has 0 amide bonds. The van der Waals surface area contributed by atoms with Gasteiger partial charge >= 0.3 is 0 Å². The minimum atomic E-state index is -0.290. The number of halogens is 1. The lowest BCUT2D eigenvalue weighted by Gasteiger charge is -2.43. The van der Waals surface area contributed by atoms with Crippen molar-refractivity contribution in [2.75, 3.05) is 13.1 Å². The average molecular weight is 289 g/mol. The monoisotopic (exact) mass is 289 g/mol. The largest absolute Gasteiger partial charge is 0.293 e. The van der Waals surface area contributed by atoms with Gasteiger partial charge in [-0.1, -0.05) is 19.3 Å². The van der Waals surface area contributed by atoms with Gasteiger partial charge in [0.25, 0.3) is 0 Å². The molecule has 1 aliphatic heterocycles. The van der Waals surface area contributed by atoms with Crippen molar-refractivity contribution in [3.8, 4) is 0 Å². The highest BCUT2D eigenvalue weighted by Crippen LogP contribution is 2.36. The zero-order chi connectivity index (χ0) is 14.8. The third kappa shape index (κ3) is 3.18. The van der Waals surface area contributed by atoms with Crippen LogP contribution in [0.15, 0.2) is 24.3 Å². The molecule has 3 rings (SSSR count). The Hall–Kier alpha value is -1.22. The first-order valence-corrected chi connectivity index (χ1v) is 8.19. The van der Waals surface area contributed by atoms with E-state index in [2.05, 4.69) is 4.90 Å². The average Bonchev–Trinajstić information content (AvgIpc) is 2.54. The molecule has 1 aromatic carbocycles. The van der Waals surface area contributed by atoms with E-state index in [-0.39, 0.29) is 17.6 Å². The normalized spacial score (nSPS) is 27.9. The lowest BCUT2D eigenvalue weighted by atomic mass is 9.75. The zero-order valence-electron chi connectivity index (χ0n) is 12.7. The zero-order valence-corrected chi connectivity index (χ0v) is 12.7. The molecule has 0 aromatic heterocycles. The van der Waals surface area contributed by atoms with Crippen molar-refractivity contribution in [1.82, 2.24) is 4.90 Å². The maximum atomic E-state index is 13.0. The molecule has 3 unspecified atom stereocenters. The number of Topliss-reactive ketones (excluding diaryl/α,β-unsaturated/α-hetero) is 1. The van der Waals surface area contributed by atoms with Gasteiger partial charge in [0.2, 0.25) is 0 Å². The van der Waals surface area contributed by atoms with Gasteiger partial charge in [-0.2, -0.15) is 0 Å². The number of piperidine rings is 1. The summed E-state index contributed by atoms with van der Waals surface area (Å²) in [5.41, 5.74) is 0.620. The number of hydrogen-bond acceptors (Lipinski definition) is 2. The van der Waals surface area contributed by atoms with Crippen molar-refractivity contribution >= 4 is 5.78 Å². The lowest BCUT2D eigenvalue weighted by Crippen LogP contribution is -2.48. The maximum absolute atomic E-state index is 13.0. The summed E-state index contributed by atoms with van der Waals surface area (Å²) >= 11 is 0. The van der Waals surface area contributed by atoms with E-state index in [1.54, 1.807) is 12.1 Å². The van der Waals surface area contributed by atoms with Gasteiger partial charge in [0, 0.05) is 12.1 Å². The number of hydrogen-bond donors (Lipinski definition) is 0. The lowest BCUT2D eigenvalue weighted by molar-refractivity contribution is 0.0518. The predicted octanol–water partition coefficient (Wildman–Crippen LogP) is 3.91. The van der Waals surface area contributed by atoms with E-state index in [1.807, 2.05) is 6.92 Å². The van der Waals surface area contributed by atoms with E-state index in [4.69, 9.17) is 0 Å². The molecule has 0 radical (unpaired) electrons. The second-order valence-electron chi connectivity index (χ2n) is 6.64. The number of fused-ring (bicyclic) bond motifs is 1. The second kappa shape index (κ2) is 6.27. The molecule has 0 bridgehead atoms. The smallest absolute Gasteiger partial charge is 0.179 e. The fourth-order valence-electron chi connectivity index (χ4n) is 4.00. The van der Waals surface area contributed by atoms with Crippen molar-refractivity contribution in [1.29, 1.82) is 0 Å². The summed E-state index contributed by atoms with van der Waals surface area (Å²) in [4.78, 5) is 14.9. The molecule has 1 saturated heterocycles. The summed E-state index contributed by atoms with van der Waals surface area (Å²) in [6, 6.07) is 5.84. The van der Waals surface area contributed by atoms with Crippen LogP contribution in [0.2, 0.25) is 0 Å². The number of ketones is 1. The Balaban J connectivity index is 1.66. The first-order valence-electron chi connectivity index (χ1n) is 8.19. The third-order valence-electron chi connectivity index (χ3n) is 5.38. The molecule has 2 nitrogen and oxygen atoms in total. The molecule has 3 heteroatoms. The number of benzene rings is 1. The van der Waals surface area contributed by atoms with Crippen LogP contribution in [0.3, 0.4) is 0 Å². The van der Waals surface area contributed by atoms with E-state index in [1.165, 1.54) is 44.2 Å². The molecule has 114 valence electrons. The van der Waals surface area contributed by atoms with Gasteiger partial charge < -0.3 is 0 Å². The van der Waals surface area contributed by atoms with Gasteiger partial charge in [-0.3, -0.25) is 9.69 Å². The van der Waals surface area contributed by atoms with Gasteiger partial charge in [0.1, 0.15) is 5.82 Å². The van der Waals surface area contributed by atoms with E-state index in [0.29, 0.717) is 5.56 Å². The molecule has 2 aliphatic rings. The van der Waals surface area contributed by atoms with Crippen LogP contribution < -0.4 is 0 Å². The summed E-state index contributed by atoms with van der Waals surface area (Å²) in [5, 5.41) is 0. The van der Waals surface area contributed by atoms with Gasteiger partial charge in [0.15, 0.2) is 5.78 Å². The quantitative estimate of drug-likeness (QED) is 0.786. The highest BCUT2D eigenvalue weighted by molar-refractivity contribution is 5.99. The van der Waals surface area contributed by atoms with Crippen LogP contribution >= 0.6 is 0 Å². The SMILES string of the molecule is CC(C(=O)c1ccc(F)cc1)N1CCC2CCCCC2C1. The van der Waals surface area contributed by atoms with Crippen molar-refractivity contribution in [2.24, 2.45) is 11.8 Å². The Morgan fingerprint density at radius 1 is 1.14 bits per heavy atom. The maximum Gasteiger partial charge on any atom is 0.179 e. The fourth-order valence-corrected chi connectivity index (χ4v) is 4.00. The molecule has 3 atom stereocenters. The Bertz CT molecular complexity index is 498. The van der Waals surface area contributed by atoms with Crippen LogP contribution in [0.25, 0.3) is 0 Å². The molecule has 0 N–H and O–H groups in total. The van der Waals surface area contributed by atoms with Crippen molar-refractivity contribution in [3.05, 3.63) is 35.6 Å². The van der Waals surface area contributed by atoms with Crippen LogP contribution in [0, 0.1) is 17.7 Å². The summed E-state index contributed by atoms with van der Waals surface area (Å²) in [7, 11) is 0. The molecule has 1 saturated carbocycles. The first kappa shape index (κ1) is 14.7. The molecule has 21 heavy (non-hydrogen) atoms. The molecular formula is C18H24FNO. The topological polar surface area (TPSA) is 20.3 Å². The van der Waals surface area contributed by atoms with E-state index >= 15 is 0 Å². The third-order valence-corrected chi connectivity index (χ3v) is 5.38. The number of carbonyl (C=O) groups excluding carboxylic acids is 1. The first-order chi connectivity index (χ1) is 10.1. The highest BCUT2D eigenvalue weighted by atomic mass is 19.1. The molecule has 0 spiro atoms. The summed E-state index contributed by atoms with van der Waals surface area (Å²) < 4.78 is 13.0. The van der Waals surface area contributed by atoms with Crippen molar-refractivity contribution in [2.45, 2.75) is 45.1 Å². The van der Waals surface area contributed by atoms with Crippen LogP contribution in [0.1, 0.15) is 49.4 Å². The number of likely N-dealkylation sites (tertiary alicyclic amines) is 1. The standard InChI is InChI=1S/C18H24FNO/c1-13(18(21)15-6-8-17(19)9-7-15)20-11-10-14-4-2-3-5-16(14)12-20/h6-9,13-14,16H,2-5,10-12H2,1H3. The number of rotatable bonds is 3. The van der Waals surface area contributed by atoms with Gasteiger partial charge in [-0.15, -0.1) is 0 Å². The van der Waals surface area contributed by atoms with Crippen LogP contribution in [-0.2, 0) is 0 Å². The summed E-state index contributed by atoms with van der Waals surface area (Å²) in [6.45, 7) is 4.07.